The van der Waals surface area contributed by atoms with Crippen LogP contribution in [0.5, 0.6) is 0 Å². The summed E-state index contributed by atoms with van der Waals surface area (Å²) >= 11 is 0. The van der Waals surface area contributed by atoms with Crippen LogP contribution >= 0.6 is 0 Å². The van der Waals surface area contributed by atoms with E-state index < -0.39 is 0 Å². The predicted molar refractivity (Wildman–Crippen MR) is 78.6 cm³/mol. The van der Waals surface area contributed by atoms with Gasteiger partial charge < -0.3 is 20.1 Å². The number of ether oxygens (including phenoxy) is 2. The van der Waals surface area contributed by atoms with Gasteiger partial charge >= 0.3 is 0 Å². The molecule has 1 atom stereocenters. The van der Waals surface area contributed by atoms with E-state index in [0.717, 1.165) is 58.3 Å². The fraction of sp³-hybridized carbons (Fsp3) is 0.929. The Bertz CT molecular complexity index is 251. The summed E-state index contributed by atoms with van der Waals surface area (Å²) in [6, 6.07) is 0.399. The highest BCUT2D eigenvalue weighted by Gasteiger charge is 2.15. The van der Waals surface area contributed by atoms with E-state index >= 15 is 0 Å². The van der Waals surface area contributed by atoms with Crippen LogP contribution in [0.25, 0.3) is 0 Å². The number of nitrogens with one attached hydrogen (secondary N) is 2. The molecule has 0 aromatic rings. The smallest absolute Gasteiger partial charge is 0.191 e. The van der Waals surface area contributed by atoms with E-state index in [1.807, 2.05) is 0 Å². The Morgan fingerprint density at radius 2 is 2.32 bits per heavy atom. The van der Waals surface area contributed by atoms with Gasteiger partial charge in [0.15, 0.2) is 5.96 Å². The van der Waals surface area contributed by atoms with Crippen LogP contribution in [0, 0.1) is 5.92 Å². The molecule has 0 bridgehead atoms. The molecule has 1 rings (SSSR count). The monoisotopic (exact) mass is 271 g/mol. The molecule has 0 aliphatic carbocycles. The van der Waals surface area contributed by atoms with Gasteiger partial charge in [0.25, 0.3) is 0 Å². The van der Waals surface area contributed by atoms with Gasteiger partial charge in [-0.2, -0.15) is 0 Å². The Labute approximate surface area is 117 Å². The van der Waals surface area contributed by atoms with Crippen LogP contribution < -0.4 is 10.6 Å². The molecule has 0 saturated carbocycles. The lowest BCUT2D eigenvalue weighted by atomic mass is 10.1. The minimum absolute atomic E-state index is 0.399. The summed E-state index contributed by atoms with van der Waals surface area (Å²) in [7, 11) is 0. The van der Waals surface area contributed by atoms with E-state index in [9.17, 15) is 0 Å². The van der Waals surface area contributed by atoms with Crippen molar-refractivity contribution in [3.05, 3.63) is 0 Å². The zero-order chi connectivity index (χ0) is 13.9. The predicted octanol–water partition coefficient (Wildman–Crippen LogP) is 1.39. The van der Waals surface area contributed by atoms with Crippen molar-refractivity contribution in [1.29, 1.82) is 0 Å². The minimum Gasteiger partial charge on any atom is -0.381 e. The summed E-state index contributed by atoms with van der Waals surface area (Å²) in [4.78, 5) is 4.51. The Morgan fingerprint density at radius 1 is 1.47 bits per heavy atom. The van der Waals surface area contributed by atoms with Gasteiger partial charge in [-0.1, -0.05) is 0 Å². The molecule has 112 valence electrons. The molecule has 1 saturated heterocycles. The summed E-state index contributed by atoms with van der Waals surface area (Å²) in [5.41, 5.74) is 0. The normalized spacial score (nSPS) is 20.0. The maximum absolute atomic E-state index is 5.65. The lowest BCUT2D eigenvalue weighted by Crippen LogP contribution is -2.41. The molecular formula is C14H29N3O2. The first-order valence-corrected chi connectivity index (χ1v) is 7.42. The minimum atomic E-state index is 0.399. The Hall–Kier alpha value is -0.810. The molecule has 1 heterocycles. The van der Waals surface area contributed by atoms with Gasteiger partial charge in [0.05, 0.1) is 13.2 Å². The van der Waals surface area contributed by atoms with Gasteiger partial charge in [0, 0.05) is 38.3 Å². The average molecular weight is 271 g/mol. The van der Waals surface area contributed by atoms with Crippen molar-refractivity contribution in [3.63, 3.8) is 0 Å². The Kier molecular flexibility index (Phi) is 8.58. The fourth-order valence-electron chi connectivity index (χ4n) is 1.92. The van der Waals surface area contributed by atoms with Crippen molar-refractivity contribution in [3.8, 4) is 0 Å². The van der Waals surface area contributed by atoms with Crippen LogP contribution in [-0.4, -0.2) is 51.5 Å². The summed E-state index contributed by atoms with van der Waals surface area (Å²) in [5, 5.41) is 6.53. The highest BCUT2D eigenvalue weighted by atomic mass is 16.5. The lowest BCUT2D eigenvalue weighted by molar-refractivity contribution is 0.0893. The first-order chi connectivity index (χ1) is 9.22. The topological polar surface area (TPSA) is 54.9 Å². The van der Waals surface area contributed by atoms with Crippen molar-refractivity contribution < 1.29 is 9.47 Å². The van der Waals surface area contributed by atoms with Gasteiger partial charge in [0.2, 0.25) is 0 Å². The number of guanidine groups is 1. The van der Waals surface area contributed by atoms with Crippen LogP contribution in [0.2, 0.25) is 0 Å². The molecule has 1 aliphatic rings. The molecule has 0 spiro atoms. The van der Waals surface area contributed by atoms with E-state index in [-0.39, 0.29) is 0 Å². The van der Waals surface area contributed by atoms with Crippen molar-refractivity contribution in [2.75, 3.05) is 39.5 Å². The van der Waals surface area contributed by atoms with Crippen molar-refractivity contribution in [2.45, 2.75) is 39.7 Å². The molecule has 2 N–H and O–H groups in total. The number of aliphatic imine (C=N–C) groups is 1. The SMILES string of the molecule is CCNC(=NCCCOCC1CCOC1)NC(C)C. The van der Waals surface area contributed by atoms with E-state index in [1.54, 1.807) is 0 Å². The summed E-state index contributed by atoms with van der Waals surface area (Å²) < 4.78 is 11.0. The van der Waals surface area contributed by atoms with Gasteiger partial charge in [-0.3, -0.25) is 4.99 Å². The standard InChI is InChI=1S/C14H29N3O2/c1-4-15-14(17-12(2)3)16-7-5-8-18-10-13-6-9-19-11-13/h12-13H,4-11H2,1-3H3,(H2,15,16,17). The Balaban J connectivity index is 2.05. The van der Waals surface area contributed by atoms with Crippen LogP contribution in [0.4, 0.5) is 0 Å². The molecule has 1 aliphatic heterocycles. The van der Waals surface area contributed by atoms with Gasteiger partial charge in [-0.25, -0.2) is 0 Å². The second-order valence-corrected chi connectivity index (χ2v) is 5.22. The molecule has 5 nitrogen and oxygen atoms in total. The van der Waals surface area contributed by atoms with Crippen LogP contribution in [0.1, 0.15) is 33.6 Å². The molecular weight excluding hydrogens is 242 g/mol. The number of nitrogens with zero attached hydrogens (tertiary/aromatic N) is 1. The third kappa shape index (κ3) is 8.06. The van der Waals surface area contributed by atoms with Gasteiger partial charge in [0.1, 0.15) is 0 Å². The zero-order valence-corrected chi connectivity index (χ0v) is 12.6. The number of hydrogen-bond donors (Lipinski definition) is 2. The second-order valence-electron chi connectivity index (χ2n) is 5.22. The van der Waals surface area contributed by atoms with Crippen molar-refractivity contribution in [2.24, 2.45) is 10.9 Å². The summed E-state index contributed by atoms with van der Waals surface area (Å²) in [6.45, 7) is 11.3. The lowest BCUT2D eigenvalue weighted by Gasteiger charge is -2.14. The average Bonchev–Trinajstić information content (AvgIpc) is 2.86. The first kappa shape index (κ1) is 16.2. The third-order valence-corrected chi connectivity index (χ3v) is 2.86. The van der Waals surface area contributed by atoms with Crippen LogP contribution in [0.15, 0.2) is 4.99 Å². The van der Waals surface area contributed by atoms with E-state index in [1.165, 1.54) is 0 Å². The molecule has 0 aromatic carbocycles. The van der Waals surface area contributed by atoms with Gasteiger partial charge in [-0.15, -0.1) is 0 Å². The third-order valence-electron chi connectivity index (χ3n) is 2.86. The molecule has 5 heteroatoms. The molecule has 19 heavy (non-hydrogen) atoms. The maximum Gasteiger partial charge on any atom is 0.191 e. The van der Waals surface area contributed by atoms with Crippen LogP contribution in [0.3, 0.4) is 0 Å². The largest absolute Gasteiger partial charge is 0.381 e. The van der Waals surface area contributed by atoms with E-state index in [4.69, 9.17) is 9.47 Å². The zero-order valence-electron chi connectivity index (χ0n) is 12.6. The Morgan fingerprint density at radius 3 is 2.95 bits per heavy atom. The number of rotatable bonds is 8. The highest BCUT2D eigenvalue weighted by molar-refractivity contribution is 5.79. The van der Waals surface area contributed by atoms with E-state index in [2.05, 4.69) is 36.4 Å². The quantitative estimate of drug-likeness (QED) is 0.398. The second kappa shape index (κ2) is 10.0. The molecule has 1 fully saturated rings. The molecule has 0 amide bonds. The maximum atomic E-state index is 5.65. The van der Waals surface area contributed by atoms with Crippen LogP contribution in [-0.2, 0) is 9.47 Å². The van der Waals surface area contributed by atoms with Crippen molar-refractivity contribution >= 4 is 5.96 Å². The highest BCUT2D eigenvalue weighted by Crippen LogP contribution is 2.12. The summed E-state index contributed by atoms with van der Waals surface area (Å²) in [6.07, 6.45) is 2.10. The molecule has 0 aromatic heterocycles. The molecule has 1 unspecified atom stereocenters. The number of hydrogen-bond acceptors (Lipinski definition) is 3. The summed E-state index contributed by atoms with van der Waals surface area (Å²) in [5.74, 6) is 1.49. The van der Waals surface area contributed by atoms with E-state index in [0.29, 0.717) is 12.0 Å². The first-order valence-electron chi connectivity index (χ1n) is 7.42. The van der Waals surface area contributed by atoms with Crippen molar-refractivity contribution in [1.82, 2.24) is 10.6 Å². The van der Waals surface area contributed by atoms with Gasteiger partial charge in [-0.05, 0) is 33.6 Å². The molecule has 0 radical (unpaired) electrons. The fourth-order valence-corrected chi connectivity index (χ4v) is 1.92.